The fraction of sp³-hybridized carbons (Fsp3) is 0.536. The van der Waals surface area contributed by atoms with E-state index in [-0.39, 0.29) is 12.9 Å². The molecule has 0 bridgehead atoms. The van der Waals surface area contributed by atoms with Gasteiger partial charge < -0.3 is 23.8 Å². The van der Waals surface area contributed by atoms with E-state index in [1.165, 1.54) is 11.1 Å². The maximum absolute atomic E-state index is 12.3. The van der Waals surface area contributed by atoms with Gasteiger partial charge in [-0.25, -0.2) is 4.79 Å². The topological polar surface area (TPSA) is 57.2 Å². The van der Waals surface area contributed by atoms with Crippen LogP contribution in [0, 0.1) is 5.92 Å². The van der Waals surface area contributed by atoms with Gasteiger partial charge in [0.1, 0.15) is 17.1 Å². The van der Waals surface area contributed by atoms with E-state index in [1.54, 1.807) is 7.11 Å². The van der Waals surface area contributed by atoms with Crippen molar-refractivity contribution < 1.29 is 23.7 Å². The molecule has 0 spiro atoms. The Morgan fingerprint density at radius 2 is 1.76 bits per heavy atom. The molecule has 3 rings (SSSR count). The molecule has 34 heavy (non-hydrogen) atoms. The first-order chi connectivity index (χ1) is 16.3. The number of carbonyl (C=O) groups is 1. The van der Waals surface area contributed by atoms with E-state index >= 15 is 0 Å². The van der Waals surface area contributed by atoms with Crippen LogP contribution in [0.5, 0.6) is 11.5 Å². The van der Waals surface area contributed by atoms with Crippen molar-refractivity contribution in [3.63, 3.8) is 0 Å². The summed E-state index contributed by atoms with van der Waals surface area (Å²) in [5, 5.41) is 0. The number of nitrogens with zero attached hydrogens (tertiary/aromatic N) is 1. The number of rotatable bonds is 10. The second-order valence-corrected chi connectivity index (χ2v) is 9.85. The largest absolute Gasteiger partial charge is 0.493 e. The van der Waals surface area contributed by atoms with Crippen LogP contribution in [-0.2, 0) is 22.3 Å². The number of likely N-dealkylation sites (tertiary alicyclic amines) is 1. The number of amides is 1. The highest BCUT2D eigenvalue weighted by Crippen LogP contribution is 2.25. The number of methoxy groups -OCH3 is 1. The molecule has 1 aliphatic rings. The molecule has 1 fully saturated rings. The van der Waals surface area contributed by atoms with E-state index in [4.69, 9.17) is 18.9 Å². The van der Waals surface area contributed by atoms with E-state index in [9.17, 15) is 4.79 Å². The number of ether oxygens (including phenoxy) is 4. The Hall–Kier alpha value is -2.73. The molecule has 1 amide bonds. The quantitative estimate of drug-likeness (QED) is 0.407. The van der Waals surface area contributed by atoms with E-state index in [0.717, 1.165) is 56.7 Å². The summed E-state index contributed by atoms with van der Waals surface area (Å²) in [5.74, 6) is 2.35. The van der Waals surface area contributed by atoms with Crippen molar-refractivity contribution in [1.82, 2.24) is 4.90 Å². The maximum Gasteiger partial charge on any atom is 0.410 e. The van der Waals surface area contributed by atoms with Crippen molar-refractivity contribution in [3.05, 3.63) is 59.7 Å². The molecular formula is C28H39NO5. The summed E-state index contributed by atoms with van der Waals surface area (Å²) in [4.78, 5) is 14.1. The highest BCUT2D eigenvalue weighted by molar-refractivity contribution is 5.68. The van der Waals surface area contributed by atoms with Crippen molar-refractivity contribution in [2.75, 3.05) is 33.6 Å². The summed E-state index contributed by atoms with van der Waals surface area (Å²) in [7, 11) is 1.62. The second-order valence-electron chi connectivity index (χ2n) is 9.85. The third-order valence-electron chi connectivity index (χ3n) is 5.95. The highest BCUT2D eigenvalue weighted by Gasteiger charge is 2.26. The molecule has 6 heteroatoms. The number of piperidine rings is 1. The van der Waals surface area contributed by atoms with Gasteiger partial charge in [-0.15, -0.1) is 0 Å². The van der Waals surface area contributed by atoms with Crippen molar-refractivity contribution in [2.45, 2.75) is 58.5 Å². The van der Waals surface area contributed by atoms with Gasteiger partial charge in [0.05, 0.1) is 6.61 Å². The number of aryl methyl sites for hydroxylation is 2. The SMILES string of the molecule is COCOc1cccc(CCc2ccccc2OCCC2CCN(C(=O)OC(C)(C)C)CC2)c1. The van der Waals surface area contributed by atoms with Crippen LogP contribution in [0.4, 0.5) is 4.79 Å². The first kappa shape index (κ1) is 25.9. The van der Waals surface area contributed by atoms with Crippen LogP contribution in [0.3, 0.4) is 0 Å². The Kier molecular flexibility index (Phi) is 9.63. The predicted octanol–water partition coefficient (Wildman–Crippen LogP) is 5.87. The minimum atomic E-state index is -0.449. The van der Waals surface area contributed by atoms with E-state index in [0.29, 0.717) is 12.5 Å². The third-order valence-corrected chi connectivity index (χ3v) is 5.95. The molecule has 6 nitrogen and oxygen atoms in total. The van der Waals surface area contributed by atoms with Crippen molar-refractivity contribution in [3.8, 4) is 11.5 Å². The number of benzene rings is 2. The van der Waals surface area contributed by atoms with Gasteiger partial charge in [-0.05, 0) is 88.1 Å². The highest BCUT2D eigenvalue weighted by atomic mass is 16.7. The lowest BCUT2D eigenvalue weighted by Gasteiger charge is -2.33. The van der Waals surface area contributed by atoms with E-state index < -0.39 is 5.60 Å². The van der Waals surface area contributed by atoms with Crippen molar-refractivity contribution in [1.29, 1.82) is 0 Å². The van der Waals surface area contributed by atoms with Crippen LogP contribution < -0.4 is 9.47 Å². The van der Waals surface area contributed by atoms with Crippen LogP contribution in [0.15, 0.2) is 48.5 Å². The molecule has 186 valence electrons. The van der Waals surface area contributed by atoms with Gasteiger partial charge in [0, 0.05) is 20.2 Å². The Balaban J connectivity index is 1.43. The normalized spacial score (nSPS) is 14.6. The Bertz CT molecular complexity index is 900. The van der Waals surface area contributed by atoms with Crippen LogP contribution in [0.2, 0.25) is 0 Å². The zero-order valence-corrected chi connectivity index (χ0v) is 21.0. The summed E-state index contributed by atoms with van der Waals surface area (Å²) >= 11 is 0. The average Bonchev–Trinajstić information content (AvgIpc) is 2.82. The summed E-state index contributed by atoms with van der Waals surface area (Å²) in [6.45, 7) is 8.16. The molecule has 1 saturated heterocycles. The van der Waals surface area contributed by atoms with Gasteiger partial charge in [-0.3, -0.25) is 0 Å². The monoisotopic (exact) mass is 469 g/mol. The number of hydrogen-bond donors (Lipinski definition) is 0. The zero-order chi connectivity index (χ0) is 24.4. The molecular weight excluding hydrogens is 430 g/mol. The number of para-hydroxylation sites is 1. The Labute approximate surface area is 204 Å². The summed E-state index contributed by atoms with van der Waals surface area (Å²) < 4.78 is 22.2. The molecule has 0 atom stereocenters. The maximum atomic E-state index is 12.3. The Morgan fingerprint density at radius 1 is 1.00 bits per heavy atom. The second kappa shape index (κ2) is 12.7. The summed E-state index contributed by atoms with van der Waals surface area (Å²) in [5.41, 5.74) is 1.99. The van der Waals surface area contributed by atoms with Crippen LogP contribution >= 0.6 is 0 Å². The Morgan fingerprint density at radius 3 is 2.50 bits per heavy atom. The summed E-state index contributed by atoms with van der Waals surface area (Å²) in [6.07, 6.45) is 4.59. The molecule has 1 heterocycles. The smallest absolute Gasteiger partial charge is 0.410 e. The molecule has 0 saturated carbocycles. The molecule has 0 radical (unpaired) electrons. The lowest BCUT2D eigenvalue weighted by molar-refractivity contribution is 0.0177. The number of carbonyl (C=O) groups excluding carboxylic acids is 1. The average molecular weight is 470 g/mol. The van der Waals surface area contributed by atoms with Crippen molar-refractivity contribution in [2.24, 2.45) is 5.92 Å². The van der Waals surface area contributed by atoms with Gasteiger partial charge >= 0.3 is 6.09 Å². The van der Waals surface area contributed by atoms with Gasteiger partial charge in [0.25, 0.3) is 0 Å². The van der Waals surface area contributed by atoms with Gasteiger partial charge in [0.2, 0.25) is 0 Å². The van der Waals surface area contributed by atoms with Crippen molar-refractivity contribution >= 4 is 6.09 Å². The van der Waals surface area contributed by atoms with Crippen LogP contribution in [0.25, 0.3) is 0 Å². The van der Waals surface area contributed by atoms with Gasteiger partial charge in [-0.2, -0.15) is 0 Å². The fourth-order valence-corrected chi connectivity index (χ4v) is 4.11. The lowest BCUT2D eigenvalue weighted by Crippen LogP contribution is -2.41. The predicted molar refractivity (Wildman–Crippen MR) is 133 cm³/mol. The molecule has 1 aliphatic heterocycles. The molecule has 0 N–H and O–H groups in total. The minimum Gasteiger partial charge on any atom is -0.493 e. The van der Waals surface area contributed by atoms with Crippen LogP contribution in [-0.4, -0.2) is 50.2 Å². The standard InChI is InChI=1S/C28H39NO5/c1-28(2,3)34-27(30)29-17-14-22(15-18-29)16-19-32-26-11-6-5-9-24(26)13-12-23-8-7-10-25(20-23)33-21-31-4/h5-11,20,22H,12-19,21H2,1-4H3. The molecule has 2 aromatic rings. The zero-order valence-electron chi connectivity index (χ0n) is 21.0. The van der Waals surface area contributed by atoms with Gasteiger partial charge in [-0.1, -0.05) is 30.3 Å². The third kappa shape index (κ3) is 8.56. The minimum absolute atomic E-state index is 0.202. The summed E-state index contributed by atoms with van der Waals surface area (Å²) in [6, 6.07) is 16.4. The van der Waals surface area contributed by atoms with Crippen LogP contribution in [0.1, 0.15) is 51.2 Å². The molecule has 0 unspecified atom stereocenters. The van der Waals surface area contributed by atoms with E-state index in [2.05, 4.69) is 30.3 Å². The molecule has 0 aromatic heterocycles. The fourth-order valence-electron chi connectivity index (χ4n) is 4.11. The first-order valence-corrected chi connectivity index (χ1v) is 12.2. The molecule has 2 aromatic carbocycles. The molecule has 0 aliphatic carbocycles. The van der Waals surface area contributed by atoms with E-state index in [1.807, 2.05) is 43.9 Å². The number of hydrogen-bond acceptors (Lipinski definition) is 5. The lowest BCUT2D eigenvalue weighted by atomic mass is 9.94. The first-order valence-electron chi connectivity index (χ1n) is 12.2. The van der Waals surface area contributed by atoms with Gasteiger partial charge in [0.15, 0.2) is 6.79 Å².